The lowest BCUT2D eigenvalue weighted by Crippen LogP contribution is -2.46. The monoisotopic (exact) mass is 265 g/mol. The van der Waals surface area contributed by atoms with Crippen LogP contribution in [0.2, 0.25) is 0 Å². The molecule has 0 spiro atoms. The maximum atomic E-state index is 12.2. The van der Waals surface area contributed by atoms with E-state index in [9.17, 15) is 9.90 Å². The third kappa shape index (κ3) is 3.42. The van der Waals surface area contributed by atoms with E-state index in [0.717, 1.165) is 24.4 Å². The van der Waals surface area contributed by atoms with Gasteiger partial charge in [0.25, 0.3) is 0 Å². The molecule has 1 aromatic carbocycles. The minimum atomic E-state index is 0.146. The Balaban J connectivity index is 2.00. The summed E-state index contributed by atoms with van der Waals surface area (Å²) in [7, 11) is 0. The van der Waals surface area contributed by atoms with Crippen LogP contribution in [0.5, 0.6) is 5.75 Å². The summed E-state index contributed by atoms with van der Waals surface area (Å²) in [6.07, 6.45) is 0.370. The van der Waals surface area contributed by atoms with Gasteiger partial charge in [-0.2, -0.15) is 11.8 Å². The molecular weight excluding hydrogens is 246 g/mol. The Hall–Kier alpha value is -1.16. The average molecular weight is 265 g/mol. The molecule has 0 aromatic heterocycles. The fourth-order valence-electron chi connectivity index (χ4n) is 2.18. The second-order valence-electron chi connectivity index (χ2n) is 5.27. The van der Waals surface area contributed by atoms with E-state index in [1.54, 1.807) is 18.2 Å². The molecule has 18 heavy (non-hydrogen) atoms. The van der Waals surface area contributed by atoms with Crippen LogP contribution in [-0.2, 0) is 11.2 Å². The molecule has 0 unspecified atom stereocenters. The normalized spacial score (nSPS) is 18.7. The summed E-state index contributed by atoms with van der Waals surface area (Å²) in [6, 6.07) is 6.92. The van der Waals surface area contributed by atoms with E-state index in [2.05, 4.69) is 13.8 Å². The van der Waals surface area contributed by atoms with Gasteiger partial charge in [0.2, 0.25) is 5.91 Å². The second kappa shape index (κ2) is 5.22. The Morgan fingerprint density at radius 3 is 2.94 bits per heavy atom. The fraction of sp³-hybridized carbons (Fsp3) is 0.500. The average Bonchev–Trinajstić information content (AvgIpc) is 2.27. The molecule has 1 N–H and O–H groups in total. The highest BCUT2D eigenvalue weighted by atomic mass is 32.2. The summed E-state index contributed by atoms with van der Waals surface area (Å²) in [5.41, 5.74) is 0.871. The zero-order valence-corrected chi connectivity index (χ0v) is 11.7. The molecule has 1 aliphatic heterocycles. The maximum Gasteiger partial charge on any atom is 0.227 e. The predicted octanol–water partition coefficient (Wildman–Crippen LogP) is 2.29. The van der Waals surface area contributed by atoms with Crippen molar-refractivity contribution in [2.24, 2.45) is 0 Å². The molecule has 4 heteroatoms. The van der Waals surface area contributed by atoms with Gasteiger partial charge in [0, 0.05) is 23.6 Å². The molecule has 0 atom stereocenters. The Morgan fingerprint density at radius 1 is 1.50 bits per heavy atom. The summed E-state index contributed by atoms with van der Waals surface area (Å²) in [6.45, 7) is 5.97. The maximum absolute atomic E-state index is 12.2. The highest BCUT2D eigenvalue weighted by Crippen LogP contribution is 2.29. The minimum Gasteiger partial charge on any atom is -0.508 e. The lowest BCUT2D eigenvalue weighted by atomic mass is 10.1. The van der Waals surface area contributed by atoms with Crippen molar-refractivity contribution in [1.82, 2.24) is 4.90 Å². The Bertz CT molecular complexity index is 445. The van der Waals surface area contributed by atoms with Crippen molar-refractivity contribution >= 4 is 17.7 Å². The molecule has 1 aliphatic rings. The molecule has 0 aliphatic carbocycles. The SMILES string of the molecule is CC1(C)CN(C(=O)Cc2cccc(O)c2)CCS1. The molecule has 2 rings (SSSR count). The van der Waals surface area contributed by atoms with Crippen molar-refractivity contribution in [3.63, 3.8) is 0 Å². The van der Waals surface area contributed by atoms with Crippen LogP contribution in [0, 0.1) is 0 Å². The molecule has 1 aromatic rings. The number of benzene rings is 1. The first-order chi connectivity index (χ1) is 8.46. The molecule has 3 nitrogen and oxygen atoms in total. The highest BCUT2D eigenvalue weighted by molar-refractivity contribution is 8.00. The largest absolute Gasteiger partial charge is 0.508 e. The van der Waals surface area contributed by atoms with E-state index < -0.39 is 0 Å². The van der Waals surface area contributed by atoms with E-state index in [1.807, 2.05) is 22.7 Å². The van der Waals surface area contributed by atoms with Crippen LogP contribution in [0.15, 0.2) is 24.3 Å². The molecule has 98 valence electrons. The summed E-state index contributed by atoms with van der Waals surface area (Å²) in [5.74, 6) is 1.36. The van der Waals surface area contributed by atoms with Gasteiger partial charge < -0.3 is 10.0 Å². The number of phenolic OH excluding ortho intramolecular Hbond substituents is 1. The third-order valence-corrected chi connectivity index (χ3v) is 4.34. The van der Waals surface area contributed by atoms with Crippen molar-refractivity contribution in [2.45, 2.75) is 25.0 Å². The van der Waals surface area contributed by atoms with Gasteiger partial charge in [-0.3, -0.25) is 4.79 Å². The van der Waals surface area contributed by atoms with E-state index in [-0.39, 0.29) is 16.4 Å². The first kappa shape index (κ1) is 13.3. The number of amides is 1. The standard InChI is InChI=1S/C14H19NO2S/c1-14(2)10-15(6-7-18-14)13(17)9-11-4-3-5-12(16)8-11/h3-5,8,16H,6-7,9-10H2,1-2H3. The highest BCUT2D eigenvalue weighted by Gasteiger charge is 2.29. The molecular formula is C14H19NO2S. The zero-order valence-electron chi connectivity index (χ0n) is 10.8. The number of carbonyl (C=O) groups excluding carboxylic acids is 1. The van der Waals surface area contributed by atoms with Crippen molar-refractivity contribution in [2.75, 3.05) is 18.8 Å². The molecule has 1 saturated heterocycles. The number of hydrogen-bond acceptors (Lipinski definition) is 3. The molecule has 0 radical (unpaired) electrons. The first-order valence-electron chi connectivity index (χ1n) is 6.16. The van der Waals surface area contributed by atoms with Gasteiger partial charge in [0.05, 0.1) is 6.42 Å². The van der Waals surface area contributed by atoms with Crippen LogP contribution in [0.1, 0.15) is 19.4 Å². The molecule has 1 heterocycles. The summed E-state index contributed by atoms with van der Waals surface area (Å²) >= 11 is 1.92. The quantitative estimate of drug-likeness (QED) is 0.892. The number of hydrogen-bond donors (Lipinski definition) is 1. The predicted molar refractivity (Wildman–Crippen MR) is 74.9 cm³/mol. The van der Waals surface area contributed by atoms with Crippen molar-refractivity contribution in [3.8, 4) is 5.75 Å². The fourth-order valence-corrected chi connectivity index (χ4v) is 3.29. The van der Waals surface area contributed by atoms with E-state index in [1.165, 1.54) is 0 Å². The Labute approximate surface area is 112 Å². The van der Waals surface area contributed by atoms with Crippen LogP contribution >= 0.6 is 11.8 Å². The molecule has 1 fully saturated rings. The Kier molecular flexibility index (Phi) is 3.85. The molecule has 0 saturated carbocycles. The summed E-state index contributed by atoms with van der Waals surface area (Å²) < 4.78 is 0.146. The van der Waals surface area contributed by atoms with Crippen LogP contribution < -0.4 is 0 Å². The number of rotatable bonds is 2. The van der Waals surface area contributed by atoms with Gasteiger partial charge in [-0.1, -0.05) is 12.1 Å². The van der Waals surface area contributed by atoms with E-state index in [0.29, 0.717) is 6.42 Å². The van der Waals surface area contributed by atoms with Crippen molar-refractivity contribution in [1.29, 1.82) is 0 Å². The first-order valence-corrected chi connectivity index (χ1v) is 7.14. The lowest BCUT2D eigenvalue weighted by Gasteiger charge is -2.37. The van der Waals surface area contributed by atoms with Gasteiger partial charge >= 0.3 is 0 Å². The third-order valence-electron chi connectivity index (χ3n) is 3.04. The van der Waals surface area contributed by atoms with Gasteiger partial charge in [-0.25, -0.2) is 0 Å². The number of nitrogens with zero attached hydrogens (tertiary/aromatic N) is 1. The van der Waals surface area contributed by atoms with Crippen molar-refractivity contribution < 1.29 is 9.90 Å². The van der Waals surface area contributed by atoms with Crippen LogP contribution in [0.3, 0.4) is 0 Å². The van der Waals surface area contributed by atoms with Gasteiger partial charge in [-0.15, -0.1) is 0 Å². The van der Waals surface area contributed by atoms with Crippen LogP contribution in [-0.4, -0.2) is 39.5 Å². The van der Waals surface area contributed by atoms with Gasteiger partial charge in [0.1, 0.15) is 5.75 Å². The van der Waals surface area contributed by atoms with Crippen LogP contribution in [0.4, 0.5) is 0 Å². The zero-order chi connectivity index (χ0) is 13.2. The van der Waals surface area contributed by atoms with E-state index in [4.69, 9.17) is 0 Å². The topological polar surface area (TPSA) is 40.5 Å². The molecule has 1 amide bonds. The number of carbonyl (C=O) groups is 1. The summed E-state index contributed by atoms with van der Waals surface area (Å²) in [4.78, 5) is 14.1. The van der Waals surface area contributed by atoms with Crippen LogP contribution in [0.25, 0.3) is 0 Å². The van der Waals surface area contributed by atoms with Gasteiger partial charge in [0.15, 0.2) is 0 Å². The Morgan fingerprint density at radius 2 is 2.28 bits per heavy atom. The lowest BCUT2D eigenvalue weighted by molar-refractivity contribution is -0.130. The number of thioether (sulfide) groups is 1. The van der Waals surface area contributed by atoms with Gasteiger partial charge in [-0.05, 0) is 31.5 Å². The number of phenols is 1. The summed E-state index contributed by atoms with van der Waals surface area (Å²) in [5, 5.41) is 9.39. The smallest absolute Gasteiger partial charge is 0.227 e. The molecule has 0 bridgehead atoms. The number of aromatic hydroxyl groups is 1. The van der Waals surface area contributed by atoms with E-state index >= 15 is 0 Å². The second-order valence-corrected chi connectivity index (χ2v) is 7.07. The van der Waals surface area contributed by atoms with Crippen molar-refractivity contribution in [3.05, 3.63) is 29.8 Å². The minimum absolute atomic E-state index is 0.146.